The summed E-state index contributed by atoms with van der Waals surface area (Å²) in [6.45, 7) is 2.94. The van der Waals surface area contributed by atoms with Crippen LogP contribution in [0.3, 0.4) is 0 Å². The van der Waals surface area contributed by atoms with Crippen molar-refractivity contribution in [2.24, 2.45) is 0 Å². The maximum Gasteiger partial charge on any atom is 0.246 e. The lowest BCUT2D eigenvalue weighted by atomic mass is 10.1. The Balaban J connectivity index is 1.55. The van der Waals surface area contributed by atoms with Crippen LogP contribution in [-0.4, -0.2) is 45.5 Å². The summed E-state index contributed by atoms with van der Waals surface area (Å²) in [5.41, 5.74) is 1.85. The van der Waals surface area contributed by atoms with Gasteiger partial charge in [0.05, 0.1) is 12.0 Å². The van der Waals surface area contributed by atoms with Crippen LogP contribution >= 0.6 is 0 Å². The summed E-state index contributed by atoms with van der Waals surface area (Å²) in [4.78, 5) is 14.5. The average molecular weight is 415 g/mol. The first-order valence-electron chi connectivity index (χ1n) is 9.58. The molecule has 154 valence electrons. The molecule has 2 aromatic rings. The van der Waals surface area contributed by atoms with E-state index in [0.29, 0.717) is 31.7 Å². The van der Waals surface area contributed by atoms with E-state index in [2.05, 4.69) is 4.72 Å². The zero-order valence-corrected chi connectivity index (χ0v) is 17.5. The third-order valence-corrected chi connectivity index (χ3v) is 6.54. The minimum atomic E-state index is -3.55. The van der Waals surface area contributed by atoms with Crippen molar-refractivity contribution in [1.82, 2.24) is 9.62 Å². The molecule has 1 N–H and O–H groups in total. The Hall–Kier alpha value is -2.64. The molecule has 3 rings (SSSR count). The summed E-state index contributed by atoms with van der Waals surface area (Å²) in [6, 6.07) is 14.1. The van der Waals surface area contributed by atoms with Gasteiger partial charge in [0.25, 0.3) is 0 Å². The van der Waals surface area contributed by atoms with Gasteiger partial charge in [-0.05, 0) is 44.0 Å². The Kier molecular flexibility index (Phi) is 6.71. The summed E-state index contributed by atoms with van der Waals surface area (Å²) in [7, 11) is -1.96. The molecule has 1 amide bonds. The minimum Gasteiger partial charge on any atom is -0.496 e. The Bertz CT molecular complexity index is 976. The number of amides is 1. The number of carbonyl (C=O) groups excluding carboxylic acids is 1. The summed E-state index contributed by atoms with van der Waals surface area (Å²) >= 11 is 0. The van der Waals surface area contributed by atoms with E-state index >= 15 is 0 Å². The van der Waals surface area contributed by atoms with E-state index in [1.54, 1.807) is 42.4 Å². The second-order valence-corrected chi connectivity index (χ2v) is 8.82. The van der Waals surface area contributed by atoms with E-state index in [1.165, 1.54) is 6.08 Å². The summed E-state index contributed by atoms with van der Waals surface area (Å²) in [5, 5.41) is 0. The lowest BCUT2D eigenvalue weighted by Gasteiger charge is -2.31. The van der Waals surface area contributed by atoms with Crippen LogP contribution in [0, 0.1) is 6.92 Å². The highest BCUT2D eigenvalue weighted by molar-refractivity contribution is 7.89. The fourth-order valence-corrected chi connectivity index (χ4v) is 4.60. The Morgan fingerprint density at radius 1 is 1.10 bits per heavy atom. The number of hydrogen-bond donors (Lipinski definition) is 1. The van der Waals surface area contributed by atoms with E-state index in [0.717, 1.165) is 11.1 Å². The molecule has 1 aliphatic heterocycles. The maximum absolute atomic E-state index is 12.5. The van der Waals surface area contributed by atoms with Crippen molar-refractivity contribution < 1.29 is 17.9 Å². The molecular weight excluding hydrogens is 388 g/mol. The van der Waals surface area contributed by atoms with Crippen molar-refractivity contribution in [2.75, 3.05) is 20.2 Å². The Morgan fingerprint density at radius 3 is 2.41 bits per heavy atom. The molecule has 7 heteroatoms. The van der Waals surface area contributed by atoms with Crippen LogP contribution in [-0.2, 0) is 14.8 Å². The molecule has 1 saturated heterocycles. The number of nitrogens with one attached hydrogen (secondary N) is 1. The molecule has 1 fully saturated rings. The largest absolute Gasteiger partial charge is 0.496 e. The summed E-state index contributed by atoms with van der Waals surface area (Å²) in [5.74, 6) is 0.622. The molecule has 1 aliphatic rings. The zero-order valence-electron chi connectivity index (χ0n) is 16.7. The van der Waals surface area contributed by atoms with Crippen molar-refractivity contribution in [1.29, 1.82) is 0 Å². The predicted octanol–water partition coefficient (Wildman–Crippen LogP) is 2.99. The fraction of sp³-hybridized carbons (Fsp3) is 0.318. The van der Waals surface area contributed by atoms with Crippen molar-refractivity contribution in [3.05, 3.63) is 65.7 Å². The number of ether oxygens (including phenoxy) is 1. The second-order valence-electron chi connectivity index (χ2n) is 7.11. The van der Waals surface area contributed by atoms with E-state index in [9.17, 15) is 13.2 Å². The summed E-state index contributed by atoms with van der Waals surface area (Å²) in [6.07, 6.45) is 4.45. The zero-order chi connectivity index (χ0) is 20.9. The monoisotopic (exact) mass is 414 g/mol. The van der Waals surface area contributed by atoms with Crippen LogP contribution in [0.1, 0.15) is 24.0 Å². The van der Waals surface area contributed by atoms with Gasteiger partial charge in [0.1, 0.15) is 5.75 Å². The molecule has 0 unspecified atom stereocenters. The number of hydrogen-bond acceptors (Lipinski definition) is 4. The highest BCUT2D eigenvalue weighted by atomic mass is 32.2. The van der Waals surface area contributed by atoms with Gasteiger partial charge in [-0.3, -0.25) is 4.79 Å². The van der Waals surface area contributed by atoms with Gasteiger partial charge in [-0.15, -0.1) is 0 Å². The van der Waals surface area contributed by atoms with Crippen LogP contribution in [0.4, 0.5) is 0 Å². The molecule has 0 bridgehead atoms. The number of nitrogens with zero attached hydrogens (tertiary/aromatic N) is 1. The maximum atomic E-state index is 12.5. The molecule has 0 saturated carbocycles. The molecule has 0 atom stereocenters. The first-order valence-corrected chi connectivity index (χ1v) is 11.1. The number of aryl methyl sites for hydroxylation is 1. The van der Waals surface area contributed by atoms with Gasteiger partial charge in [-0.1, -0.05) is 35.9 Å². The van der Waals surface area contributed by atoms with Crippen LogP contribution < -0.4 is 9.46 Å². The van der Waals surface area contributed by atoms with Crippen molar-refractivity contribution in [2.45, 2.75) is 30.7 Å². The summed E-state index contributed by atoms with van der Waals surface area (Å²) < 4.78 is 33.1. The lowest BCUT2D eigenvalue weighted by Crippen LogP contribution is -2.46. The van der Waals surface area contributed by atoms with Gasteiger partial charge in [0.2, 0.25) is 15.9 Å². The first-order chi connectivity index (χ1) is 13.9. The molecular formula is C22H26N2O4S. The normalized spacial score (nSPS) is 15.6. The molecule has 0 aromatic heterocycles. The number of likely N-dealkylation sites (tertiary alicyclic amines) is 1. The number of methoxy groups -OCH3 is 1. The van der Waals surface area contributed by atoms with Gasteiger partial charge in [-0.25, -0.2) is 13.1 Å². The SMILES string of the molecule is COc1ccccc1/C=C/C(=O)N1CCC(NS(=O)(=O)c2ccc(C)cc2)CC1. The molecule has 2 aromatic carbocycles. The molecule has 0 spiro atoms. The molecule has 1 heterocycles. The Labute approximate surface area is 172 Å². The lowest BCUT2D eigenvalue weighted by molar-refractivity contribution is -0.126. The Morgan fingerprint density at radius 2 is 1.76 bits per heavy atom. The molecule has 0 aliphatic carbocycles. The highest BCUT2D eigenvalue weighted by Gasteiger charge is 2.26. The predicted molar refractivity (Wildman–Crippen MR) is 113 cm³/mol. The minimum absolute atomic E-state index is 0.0873. The third kappa shape index (κ3) is 5.46. The van der Waals surface area contributed by atoms with Gasteiger partial charge < -0.3 is 9.64 Å². The molecule has 0 radical (unpaired) electrons. The number of benzene rings is 2. The van der Waals surface area contributed by atoms with Crippen LogP contribution in [0.15, 0.2) is 59.5 Å². The average Bonchev–Trinajstić information content (AvgIpc) is 2.72. The molecule has 6 nitrogen and oxygen atoms in total. The number of para-hydroxylation sites is 1. The van der Waals surface area contributed by atoms with E-state index in [1.807, 2.05) is 31.2 Å². The number of sulfonamides is 1. The quantitative estimate of drug-likeness (QED) is 0.738. The van der Waals surface area contributed by atoms with Crippen molar-refractivity contribution in [3.8, 4) is 5.75 Å². The highest BCUT2D eigenvalue weighted by Crippen LogP contribution is 2.20. The van der Waals surface area contributed by atoms with Crippen LogP contribution in [0.25, 0.3) is 6.08 Å². The number of carbonyl (C=O) groups is 1. The smallest absolute Gasteiger partial charge is 0.246 e. The van der Waals surface area contributed by atoms with Crippen LogP contribution in [0.2, 0.25) is 0 Å². The molecule has 29 heavy (non-hydrogen) atoms. The van der Waals surface area contributed by atoms with Gasteiger partial charge >= 0.3 is 0 Å². The van der Waals surface area contributed by atoms with Crippen molar-refractivity contribution >= 4 is 22.0 Å². The van der Waals surface area contributed by atoms with Gasteiger partial charge in [0, 0.05) is 30.8 Å². The van der Waals surface area contributed by atoms with E-state index < -0.39 is 10.0 Å². The van der Waals surface area contributed by atoms with Crippen LogP contribution in [0.5, 0.6) is 5.75 Å². The first kappa shape index (κ1) is 21.1. The van der Waals surface area contributed by atoms with E-state index in [-0.39, 0.29) is 16.8 Å². The third-order valence-electron chi connectivity index (χ3n) is 5.00. The standard InChI is InChI=1S/C22H26N2O4S/c1-17-7-10-20(11-8-17)29(26,27)23-19-13-15-24(16-14-19)22(25)12-9-18-5-3-4-6-21(18)28-2/h3-12,19,23H,13-16H2,1-2H3/b12-9+. The fourth-order valence-electron chi connectivity index (χ4n) is 3.29. The van der Waals surface area contributed by atoms with Gasteiger partial charge in [-0.2, -0.15) is 0 Å². The second kappa shape index (κ2) is 9.24. The topological polar surface area (TPSA) is 75.7 Å². The number of piperidine rings is 1. The van der Waals surface area contributed by atoms with Gasteiger partial charge in [0.15, 0.2) is 0 Å². The number of rotatable bonds is 6. The van der Waals surface area contributed by atoms with E-state index in [4.69, 9.17) is 4.74 Å². The van der Waals surface area contributed by atoms with Crippen molar-refractivity contribution in [3.63, 3.8) is 0 Å².